The van der Waals surface area contributed by atoms with Gasteiger partial charge in [-0.2, -0.15) is 13.2 Å². The average molecular weight is 367 g/mol. The largest absolute Gasteiger partial charge is 0.501 e. The molecule has 128 valence electrons. The summed E-state index contributed by atoms with van der Waals surface area (Å²) >= 11 is 1.38. The Bertz CT molecular complexity index is 724. The second kappa shape index (κ2) is 5.70. The molecule has 1 aliphatic rings. The van der Waals surface area contributed by atoms with Gasteiger partial charge in [0, 0.05) is 5.69 Å². The van der Waals surface area contributed by atoms with Gasteiger partial charge in [-0.25, -0.2) is 8.42 Å². The van der Waals surface area contributed by atoms with Crippen molar-refractivity contribution in [1.82, 2.24) is 0 Å². The van der Waals surface area contributed by atoms with Gasteiger partial charge in [0.05, 0.1) is 16.0 Å². The van der Waals surface area contributed by atoms with Gasteiger partial charge in [0.1, 0.15) is 0 Å². The molecule has 1 saturated heterocycles. The van der Waals surface area contributed by atoms with Gasteiger partial charge in [-0.1, -0.05) is 26.8 Å². The molecule has 1 unspecified atom stereocenters. The standard InChI is InChI=1S/C14H16F3NO3S2/c1-13(2,3)11-12(19)18(8-22-11)9-5-4-6-10(7-9)23(20,21)14(15,16)17/h4-7,11H,8H2,1-3H3. The zero-order chi connectivity index (χ0) is 17.6. The SMILES string of the molecule is CC(C)(C)C1SCN(c2cccc(S(=O)(=O)C(F)(F)F)c2)C1=O. The first kappa shape index (κ1) is 18.1. The summed E-state index contributed by atoms with van der Waals surface area (Å²) in [4.78, 5) is 12.9. The van der Waals surface area contributed by atoms with Crippen LogP contribution >= 0.6 is 11.8 Å². The van der Waals surface area contributed by atoms with E-state index in [0.717, 1.165) is 12.1 Å². The van der Waals surface area contributed by atoms with Gasteiger partial charge in [0.25, 0.3) is 9.84 Å². The number of carbonyl (C=O) groups is 1. The molecule has 23 heavy (non-hydrogen) atoms. The quantitative estimate of drug-likeness (QED) is 0.804. The Morgan fingerprint density at radius 1 is 1.22 bits per heavy atom. The smallest absolute Gasteiger partial charge is 0.302 e. The zero-order valence-electron chi connectivity index (χ0n) is 12.7. The van der Waals surface area contributed by atoms with E-state index in [0.29, 0.717) is 0 Å². The molecule has 1 aliphatic heterocycles. The molecule has 2 rings (SSSR count). The second-order valence-electron chi connectivity index (χ2n) is 6.25. The fourth-order valence-corrected chi connectivity index (χ4v) is 4.35. The molecule has 0 N–H and O–H groups in total. The molecule has 1 atom stereocenters. The number of carbonyl (C=O) groups excluding carboxylic acids is 1. The molecule has 0 aromatic heterocycles. The van der Waals surface area contributed by atoms with Crippen LogP contribution in [0.3, 0.4) is 0 Å². The van der Waals surface area contributed by atoms with Crippen molar-refractivity contribution < 1.29 is 26.4 Å². The number of thioether (sulfide) groups is 1. The number of hydrogen-bond donors (Lipinski definition) is 0. The van der Waals surface area contributed by atoms with Crippen molar-refractivity contribution in [3.8, 4) is 0 Å². The molecular formula is C14H16F3NO3S2. The first-order valence-electron chi connectivity index (χ1n) is 6.70. The molecule has 0 bridgehead atoms. The van der Waals surface area contributed by atoms with E-state index >= 15 is 0 Å². The van der Waals surface area contributed by atoms with E-state index < -0.39 is 20.2 Å². The molecule has 1 fully saturated rings. The van der Waals surface area contributed by atoms with Crippen LogP contribution in [0, 0.1) is 5.41 Å². The van der Waals surface area contributed by atoms with Crippen molar-refractivity contribution in [1.29, 1.82) is 0 Å². The van der Waals surface area contributed by atoms with Crippen molar-refractivity contribution in [2.45, 2.75) is 36.4 Å². The highest BCUT2D eigenvalue weighted by Crippen LogP contribution is 2.40. The summed E-state index contributed by atoms with van der Waals surface area (Å²) in [6, 6.07) is 4.41. The van der Waals surface area contributed by atoms with Crippen LogP contribution in [-0.2, 0) is 14.6 Å². The minimum Gasteiger partial charge on any atom is -0.302 e. The number of hydrogen-bond acceptors (Lipinski definition) is 4. The summed E-state index contributed by atoms with van der Waals surface area (Å²) in [6.07, 6.45) is 0. The Morgan fingerprint density at radius 3 is 2.30 bits per heavy atom. The minimum atomic E-state index is -5.43. The van der Waals surface area contributed by atoms with Gasteiger partial charge in [0.15, 0.2) is 0 Å². The fraction of sp³-hybridized carbons (Fsp3) is 0.500. The molecule has 0 saturated carbocycles. The number of amides is 1. The lowest BCUT2D eigenvalue weighted by Gasteiger charge is -2.24. The Balaban J connectivity index is 2.38. The topological polar surface area (TPSA) is 54.5 Å². The van der Waals surface area contributed by atoms with Crippen LogP contribution in [0.1, 0.15) is 20.8 Å². The van der Waals surface area contributed by atoms with Crippen molar-refractivity contribution in [3.63, 3.8) is 0 Å². The van der Waals surface area contributed by atoms with Gasteiger partial charge in [-0.3, -0.25) is 4.79 Å². The van der Waals surface area contributed by atoms with E-state index in [-0.39, 0.29) is 28.1 Å². The maximum atomic E-state index is 12.7. The molecule has 1 heterocycles. The zero-order valence-corrected chi connectivity index (χ0v) is 14.3. The summed E-state index contributed by atoms with van der Waals surface area (Å²) in [7, 11) is -5.43. The van der Waals surface area contributed by atoms with Crippen LogP contribution in [0.25, 0.3) is 0 Å². The van der Waals surface area contributed by atoms with Crippen molar-refractivity contribution in [2.24, 2.45) is 5.41 Å². The number of nitrogens with zero attached hydrogens (tertiary/aromatic N) is 1. The summed E-state index contributed by atoms with van der Waals surface area (Å²) in [5.41, 5.74) is -5.52. The Labute approximate surface area is 137 Å². The molecule has 4 nitrogen and oxygen atoms in total. The Hall–Kier alpha value is -1.22. The normalized spacial score (nSPS) is 20.2. The molecule has 1 aromatic rings. The maximum Gasteiger partial charge on any atom is 0.501 e. The maximum absolute atomic E-state index is 12.7. The van der Waals surface area contributed by atoms with Crippen molar-refractivity contribution >= 4 is 33.2 Å². The van der Waals surface area contributed by atoms with E-state index in [9.17, 15) is 26.4 Å². The lowest BCUT2D eigenvalue weighted by molar-refractivity contribution is -0.118. The monoisotopic (exact) mass is 367 g/mol. The van der Waals surface area contributed by atoms with Crippen molar-refractivity contribution in [2.75, 3.05) is 10.8 Å². The van der Waals surface area contributed by atoms with Crippen LogP contribution in [0.15, 0.2) is 29.2 Å². The third-order valence-electron chi connectivity index (χ3n) is 3.39. The summed E-state index contributed by atoms with van der Waals surface area (Å²) in [6.45, 7) is 5.70. The second-order valence-corrected chi connectivity index (χ2v) is 9.26. The van der Waals surface area contributed by atoms with Crippen LogP contribution in [-0.4, -0.2) is 31.0 Å². The molecule has 0 aliphatic carbocycles. The highest BCUT2D eigenvalue weighted by atomic mass is 32.2. The minimum absolute atomic E-state index is 0.152. The summed E-state index contributed by atoms with van der Waals surface area (Å²) < 4.78 is 60.9. The number of benzene rings is 1. The summed E-state index contributed by atoms with van der Waals surface area (Å²) in [5.74, 6) is 0.0417. The highest BCUT2D eigenvalue weighted by Gasteiger charge is 2.47. The average Bonchev–Trinajstić information content (AvgIpc) is 2.79. The Morgan fingerprint density at radius 2 is 1.83 bits per heavy atom. The van der Waals surface area contributed by atoms with Gasteiger partial charge >= 0.3 is 5.51 Å². The third-order valence-corrected chi connectivity index (χ3v) is 6.52. The van der Waals surface area contributed by atoms with E-state index in [2.05, 4.69) is 0 Å². The number of anilines is 1. The Kier molecular flexibility index (Phi) is 4.49. The third kappa shape index (κ3) is 3.35. The number of alkyl halides is 3. The molecule has 0 radical (unpaired) electrons. The van der Waals surface area contributed by atoms with Gasteiger partial charge in [-0.05, 0) is 23.6 Å². The predicted molar refractivity (Wildman–Crippen MR) is 82.9 cm³/mol. The van der Waals surface area contributed by atoms with Gasteiger partial charge in [0.2, 0.25) is 5.91 Å². The van der Waals surface area contributed by atoms with E-state index in [1.807, 2.05) is 20.8 Å². The summed E-state index contributed by atoms with van der Waals surface area (Å²) in [5, 5.41) is -0.328. The molecule has 1 amide bonds. The van der Waals surface area contributed by atoms with E-state index in [4.69, 9.17) is 0 Å². The van der Waals surface area contributed by atoms with E-state index in [1.54, 1.807) is 0 Å². The van der Waals surface area contributed by atoms with Crippen molar-refractivity contribution in [3.05, 3.63) is 24.3 Å². The fourth-order valence-electron chi connectivity index (χ4n) is 2.20. The first-order valence-corrected chi connectivity index (χ1v) is 9.23. The first-order chi connectivity index (χ1) is 10.4. The predicted octanol–water partition coefficient (Wildman–Crippen LogP) is 3.43. The van der Waals surface area contributed by atoms with Gasteiger partial charge < -0.3 is 4.90 Å². The van der Waals surface area contributed by atoms with Crippen LogP contribution in [0.5, 0.6) is 0 Å². The molecule has 9 heteroatoms. The highest BCUT2D eigenvalue weighted by molar-refractivity contribution is 8.01. The molecule has 1 aromatic carbocycles. The van der Waals surface area contributed by atoms with Gasteiger partial charge in [-0.15, -0.1) is 11.8 Å². The molecule has 0 spiro atoms. The lowest BCUT2D eigenvalue weighted by Crippen LogP contribution is -2.36. The van der Waals surface area contributed by atoms with Crippen LogP contribution in [0.2, 0.25) is 0 Å². The van der Waals surface area contributed by atoms with E-state index in [1.165, 1.54) is 28.8 Å². The number of sulfone groups is 1. The molecular weight excluding hydrogens is 351 g/mol. The number of halogens is 3. The number of rotatable bonds is 2. The van der Waals surface area contributed by atoms with Crippen LogP contribution in [0.4, 0.5) is 18.9 Å². The lowest BCUT2D eigenvalue weighted by atomic mass is 9.91. The van der Waals surface area contributed by atoms with Crippen LogP contribution < -0.4 is 4.90 Å².